The lowest BCUT2D eigenvalue weighted by molar-refractivity contribution is -0.138. The summed E-state index contributed by atoms with van der Waals surface area (Å²) in [6.07, 6.45) is 0.268. The first-order valence-corrected chi connectivity index (χ1v) is 3.96. The van der Waals surface area contributed by atoms with Gasteiger partial charge in [0.25, 0.3) is 0 Å². The van der Waals surface area contributed by atoms with Crippen molar-refractivity contribution in [2.24, 2.45) is 5.92 Å². The molecule has 3 heteroatoms. The number of carbonyl (C=O) groups is 1. The number of nitrogens with zero attached hydrogens (tertiary/aromatic N) is 1. The van der Waals surface area contributed by atoms with E-state index in [1.165, 1.54) is 0 Å². The zero-order valence-electron chi connectivity index (χ0n) is 7.50. The molecule has 0 saturated heterocycles. The minimum absolute atomic E-state index is 0.248. The maximum atomic E-state index is 10.3. The molecule has 0 aromatic carbocycles. The van der Waals surface area contributed by atoms with Crippen molar-refractivity contribution in [1.82, 2.24) is 4.90 Å². The summed E-state index contributed by atoms with van der Waals surface area (Å²) in [4.78, 5) is 12.4. The summed E-state index contributed by atoms with van der Waals surface area (Å²) in [5, 5.41) is 8.45. The molecule has 1 N–H and O–H groups in total. The van der Waals surface area contributed by atoms with E-state index in [9.17, 15) is 4.79 Å². The molecule has 0 saturated carbocycles. The molecular formula is C8H17NO2. The Bertz CT molecular complexity index is 125. The van der Waals surface area contributed by atoms with Gasteiger partial charge in [-0.05, 0) is 19.5 Å². The predicted octanol–water partition coefficient (Wildman–Crippen LogP) is 1.05. The lowest BCUT2D eigenvalue weighted by atomic mass is 10.1. The van der Waals surface area contributed by atoms with E-state index in [2.05, 4.69) is 11.8 Å². The Balaban J connectivity index is 3.51. The van der Waals surface area contributed by atoms with Gasteiger partial charge in [-0.15, -0.1) is 0 Å². The van der Waals surface area contributed by atoms with E-state index in [0.29, 0.717) is 0 Å². The third-order valence-corrected chi connectivity index (χ3v) is 1.69. The van der Waals surface area contributed by atoms with Gasteiger partial charge in [0, 0.05) is 13.0 Å². The smallest absolute Gasteiger partial charge is 0.303 e. The van der Waals surface area contributed by atoms with Crippen LogP contribution in [-0.2, 0) is 4.79 Å². The average Bonchev–Trinajstić information content (AvgIpc) is 1.85. The second-order valence-electron chi connectivity index (χ2n) is 3.06. The molecule has 0 aliphatic heterocycles. The number of hydrogen-bond acceptors (Lipinski definition) is 2. The van der Waals surface area contributed by atoms with Gasteiger partial charge in [0.2, 0.25) is 0 Å². The van der Waals surface area contributed by atoms with Crippen LogP contribution in [-0.4, -0.2) is 36.1 Å². The van der Waals surface area contributed by atoms with E-state index in [1.54, 1.807) is 0 Å². The molecule has 0 heterocycles. The van der Waals surface area contributed by atoms with E-state index in [-0.39, 0.29) is 12.3 Å². The minimum atomic E-state index is -0.706. The molecule has 0 bridgehead atoms. The highest BCUT2D eigenvalue weighted by molar-refractivity contribution is 5.66. The number of carboxylic acids is 1. The molecule has 1 unspecified atom stereocenters. The third kappa shape index (κ3) is 5.85. The molecule has 0 spiro atoms. The molecule has 0 aliphatic carbocycles. The molecule has 0 aromatic heterocycles. The van der Waals surface area contributed by atoms with Crippen LogP contribution in [0.25, 0.3) is 0 Å². The third-order valence-electron chi connectivity index (χ3n) is 1.69. The highest BCUT2D eigenvalue weighted by atomic mass is 16.4. The van der Waals surface area contributed by atoms with Crippen molar-refractivity contribution in [3.05, 3.63) is 0 Å². The van der Waals surface area contributed by atoms with Crippen LogP contribution in [0, 0.1) is 5.92 Å². The number of carboxylic acid groups (broad SMARTS) is 1. The highest BCUT2D eigenvalue weighted by Crippen LogP contribution is 2.02. The van der Waals surface area contributed by atoms with Crippen LogP contribution in [0.2, 0.25) is 0 Å². The predicted molar refractivity (Wildman–Crippen MR) is 44.6 cm³/mol. The summed E-state index contributed by atoms with van der Waals surface area (Å²) < 4.78 is 0. The lowest BCUT2D eigenvalue weighted by Crippen LogP contribution is -2.25. The molecule has 66 valence electrons. The molecule has 0 fully saturated rings. The molecule has 0 rings (SSSR count). The van der Waals surface area contributed by atoms with Gasteiger partial charge in [0.1, 0.15) is 0 Å². The fraction of sp³-hybridized carbons (Fsp3) is 0.875. The van der Waals surface area contributed by atoms with Gasteiger partial charge < -0.3 is 10.0 Å². The Morgan fingerprint density at radius 1 is 1.64 bits per heavy atom. The normalized spacial score (nSPS) is 13.5. The summed E-state index contributed by atoms with van der Waals surface area (Å²) >= 11 is 0. The van der Waals surface area contributed by atoms with Crippen LogP contribution in [0.5, 0.6) is 0 Å². The Morgan fingerprint density at radius 3 is 2.55 bits per heavy atom. The van der Waals surface area contributed by atoms with Crippen LogP contribution in [0.1, 0.15) is 20.3 Å². The fourth-order valence-electron chi connectivity index (χ4n) is 1.02. The monoisotopic (exact) mass is 159 g/mol. The zero-order valence-corrected chi connectivity index (χ0v) is 7.50. The van der Waals surface area contributed by atoms with Crippen LogP contribution in [0.15, 0.2) is 0 Å². The van der Waals surface area contributed by atoms with Gasteiger partial charge >= 0.3 is 5.97 Å². The standard InChI is InChI=1S/C8H17NO2/c1-4-9(3)6-7(2)5-8(10)11/h7H,4-6H2,1-3H3,(H,10,11). The summed E-state index contributed by atoms with van der Waals surface area (Å²) in [7, 11) is 2.00. The molecule has 0 aromatic rings. The van der Waals surface area contributed by atoms with E-state index >= 15 is 0 Å². The van der Waals surface area contributed by atoms with Gasteiger partial charge in [-0.3, -0.25) is 4.79 Å². The first kappa shape index (κ1) is 10.4. The van der Waals surface area contributed by atoms with Crippen molar-refractivity contribution in [2.75, 3.05) is 20.1 Å². The SMILES string of the molecule is CCN(C)CC(C)CC(=O)O. The summed E-state index contributed by atoms with van der Waals surface area (Å²) in [5.41, 5.74) is 0. The van der Waals surface area contributed by atoms with Crippen molar-refractivity contribution < 1.29 is 9.90 Å². The minimum Gasteiger partial charge on any atom is -0.481 e. The van der Waals surface area contributed by atoms with Crippen molar-refractivity contribution >= 4 is 5.97 Å². The second kappa shape index (κ2) is 5.13. The van der Waals surface area contributed by atoms with E-state index in [4.69, 9.17) is 5.11 Å². The first-order valence-electron chi connectivity index (χ1n) is 3.96. The van der Waals surface area contributed by atoms with Gasteiger partial charge in [0.05, 0.1) is 0 Å². The Kier molecular flexibility index (Phi) is 4.86. The molecule has 11 heavy (non-hydrogen) atoms. The van der Waals surface area contributed by atoms with E-state index in [1.807, 2.05) is 14.0 Å². The summed E-state index contributed by atoms with van der Waals surface area (Å²) in [5.74, 6) is -0.459. The van der Waals surface area contributed by atoms with E-state index < -0.39 is 5.97 Å². The molecular weight excluding hydrogens is 142 g/mol. The van der Waals surface area contributed by atoms with Gasteiger partial charge in [-0.25, -0.2) is 0 Å². The number of hydrogen-bond donors (Lipinski definition) is 1. The molecule has 0 aliphatic rings. The highest BCUT2D eigenvalue weighted by Gasteiger charge is 2.08. The molecule has 1 atom stereocenters. The Hall–Kier alpha value is -0.570. The van der Waals surface area contributed by atoms with Crippen molar-refractivity contribution in [3.63, 3.8) is 0 Å². The Morgan fingerprint density at radius 2 is 2.18 bits per heavy atom. The maximum Gasteiger partial charge on any atom is 0.303 e. The van der Waals surface area contributed by atoms with Crippen LogP contribution in [0.3, 0.4) is 0 Å². The summed E-state index contributed by atoms with van der Waals surface area (Å²) in [6.45, 7) is 5.86. The maximum absolute atomic E-state index is 10.3. The van der Waals surface area contributed by atoms with Crippen molar-refractivity contribution in [2.45, 2.75) is 20.3 Å². The molecule has 0 radical (unpaired) electrons. The Labute approximate surface area is 68.0 Å². The fourth-order valence-corrected chi connectivity index (χ4v) is 1.02. The van der Waals surface area contributed by atoms with Crippen molar-refractivity contribution in [1.29, 1.82) is 0 Å². The molecule has 3 nitrogen and oxygen atoms in total. The number of aliphatic carboxylic acids is 1. The quantitative estimate of drug-likeness (QED) is 0.651. The lowest BCUT2D eigenvalue weighted by Gasteiger charge is -2.17. The van der Waals surface area contributed by atoms with Crippen LogP contribution in [0.4, 0.5) is 0 Å². The number of rotatable bonds is 5. The van der Waals surface area contributed by atoms with E-state index in [0.717, 1.165) is 13.1 Å². The largest absolute Gasteiger partial charge is 0.481 e. The van der Waals surface area contributed by atoms with Crippen LogP contribution < -0.4 is 0 Å². The summed E-state index contributed by atoms with van der Waals surface area (Å²) in [6, 6.07) is 0. The van der Waals surface area contributed by atoms with Gasteiger partial charge in [-0.1, -0.05) is 13.8 Å². The van der Waals surface area contributed by atoms with Crippen LogP contribution >= 0.6 is 0 Å². The first-order chi connectivity index (χ1) is 5.06. The average molecular weight is 159 g/mol. The second-order valence-corrected chi connectivity index (χ2v) is 3.06. The van der Waals surface area contributed by atoms with Gasteiger partial charge in [0.15, 0.2) is 0 Å². The van der Waals surface area contributed by atoms with Gasteiger partial charge in [-0.2, -0.15) is 0 Å². The van der Waals surface area contributed by atoms with Crippen molar-refractivity contribution in [3.8, 4) is 0 Å². The molecule has 0 amide bonds. The topological polar surface area (TPSA) is 40.5 Å². The zero-order chi connectivity index (χ0) is 8.85.